The standard InChI is InChI=1S/C18H22N2O4/c1-5-10-19(17(23)24-18(2,3)4)11-12-20-15(21)13-8-6-7-9-14(13)16(20)22/h5-9H,1,10-12H2,2-4H3. The van der Waals surface area contributed by atoms with Crippen LogP contribution in [-0.4, -0.2) is 52.9 Å². The Morgan fingerprint density at radius 1 is 1.21 bits per heavy atom. The summed E-state index contributed by atoms with van der Waals surface area (Å²) in [6.45, 7) is 9.53. The van der Waals surface area contributed by atoms with E-state index >= 15 is 0 Å². The zero-order valence-electron chi connectivity index (χ0n) is 14.2. The Bertz CT molecular complexity index is 641. The van der Waals surface area contributed by atoms with Gasteiger partial charge in [-0.2, -0.15) is 0 Å². The lowest BCUT2D eigenvalue weighted by Crippen LogP contribution is -2.43. The van der Waals surface area contributed by atoms with Crippen LogP contribution >= 0.6 is 0 Å². The number of hydrogen-bond donors (Lipinski definition) is 0. The Labute approximate surface area is 141 Å². The molecular formula is C18H22N2O4. The van der Waals surface area contributed by atoms with Gasteiger partial charge in [-0.15, -0.1) is 6.58 Å². The molecule has 1 aromatic carbocycles. The maximum absolute atomic E-state index is 12.3. The number of carbonyl (C=O) groups excluding carboxylic acids is 3. The average molecular weight is 330 g/mol. The summed E-state index contributed by atoms with van der Waals surface area (Å²) < 4.78 is 5.33. The minimum absolute atomic E-state index is 0.111. The van der Waals surface area contributed by atoms with Crippen molar-refractivity contribution in [1.29, 1.82) is 0 Å². The SMILES string of the molecule is C=CCN(CCN1C(=O)c2ccccc2C1=O)C(=O)OC(C)(C)C. The molecule has 128 valence electrons. The molecule has 0 aliphatic carbocycles. The number of hydrogen-bond acceptors (Lipinski definition) is 4. The van der Waals surface area contributed by atoms with Crippen LogP contribution < -0.4 is 0 Å². The minimum Gasteiger partial charge on any atom is -0.444 e. The van der Waals surface area contributed by atoms with Crippen molar-refractivity contribution < 1.29 is 19.1 Å². The summed E-state index contributed by atoms with van der Waals surface area (Å²) in [5, 5.41) is 0. The van der Waals surface area contributed by atoms with Crippen LogP contribution in [0.5, 0.6) is 0 Å². The first-order valence-electron chi connectivity index (χ1n) is 7.78. The van der Waals surface area contributed by atoms with Crippen molar-refractivity contribution in [2.24, 2.45) is 0 Å². The largest absolute Gasteiger partial charge is 0.444 e. The third kappa shape index (κ3) is 3.82. The summed E-state index contributed by atoms with van der Waals surface area (Å²) in [5.41, 5.74) is 0.177. The Balaban J connectivity index is 2.05. The number of nitrogens with zero attached hydrogens (tertiary/aromatic N) is 2. The molecule has 0 fully saturated rings. The quantitative estimate of drug-likeness (QED) is 0.615. The van der Waals surface area contributed by atoms with E-state index in [1.54, 1.807) is 51.1 Å². The van der Waals surface area contributed by atoms with Gasteiger partial charge in [0.2, 0.25) is 0 Å². The van der Waals surface area contributed by atoms with Gasteiger partial charge in [-0.25, -0.2) is 4.79 Å². The van der Waals surface area contributed by atoms with Crippen LogP contribution in [0.3, 0.4) is 0 Å². The monoisotopic (exact) mass is 330 g/mol. The van der Waals surface area contributed by atoms with Crippen LogP contribution in [0.15, 0.2) is 36.9 Å². The highest BCUT2D eigenvalue weighted by Gasteiger charge is 2.35. The molecule has 0 atom stereocenters. The van der Waals surface area contributed by atoms with E-state index in [0.29, 0.717) is 11.1 Å². The maximum atomic E-state index is 12.3. The van der Waals surface area contributed by atoms with Crippen molar-refractivity contribution >= 4 is 17.9 Å². The number of carbonyl (C=O) groups is 3. The third-order valence-electron chi connectivity index (χ3n) is 3.47. The molecule has 0 unspecified atom stereocenters. The second kappa shape index (κ2) is 6.86. The molecule has 6 nitrogen and oxygen atoms in total. The maximum Gasteiger partial charge on any atom is 0.410 e. The second-order valence-corrected chi connectivity index (χ2v) is 6.52. The molecular weight excluding hydrogens is 308 g/mol. The lowest BCUT2D eigenvalue weighted by molar-refractivity contribution is 0.0248. The van der Waals surface area contributed by atoms with Gasteiger partial charge >= 0.3 is 6.09 Å². The number of rotatable bonds is 5. The molecule has 0 saturated heterocycles. The zero-order chi connectivity index (χ0) is 17.9. The topological polar surface area (TPSA) is 66.9 Å². The molecule has 0 aromatic heterocycles. The molecule has 0 radical (unpaired) electrons. The number of fused-ring (bicyclic) bond motifs is 1. The summed E-state index contributed by atoms with van der Waals surface area (Å²) >= 11 is 0. The van der Waals surface area contributed by atoms with E-state index in [1.807, 2.05) is 0 Å². The fourth-order valence-corrected chi connectivity index (χ4v) is 2.40. The van der Waals surface area contributed by atoms with E-state index in [-0.39, 0.29) is 31.4 Å². The van der Waals surface area contributed by atoms with Crippen LogP contribution in [0, 0.1) is 0 Å². The molecule has 0 bridgehead atoms. The lowest BCUT2D eigenvalue weighted by Gasteiger charge is -2.27. The van der Waals surface area contributed by atoms with E-state index < -0.39 is 11.7 Å². The molecule has 0 saturated carbocycles. The summed E-state index contributed by atoms with van der Waals surface area (Å²) in [6, 6.07) is 6.70. The number of benzene rings is 1. The molecule has 1 aromatic rings. The fourth-order valence-electron chi connectivity index (χ4n) is 2.40. The molecule has 0 N–H and O–H groups in total. The van der Waals surface area contributed by atoms with Crippen molar-refractivity contribution in [3.8, 4) is 0 Å². The van der Waals surface area contributed by atoms with Crippen molar-refractivity contribution in [3.05, 3.63) is 48.0 Å². The van der Waals surface area contributed by atoms with Gasteiger partial charge in [0.05, 0.1) is 11.1 Å². The summed E-state index contributed by atoms with van der Waals surface area (Å²) in [6.07, 6.45) is 1.07. The molecule has 1 heterocycles. The predicted molar refractivity (Wildman–Crippen MR) is 89.8 cm³/mol. The number of ether oxygens (including phenoxy) is 1. The van der Waals surface area contributed by atoms with Crippen LogP contribution in [-0.2, 0) is 4.74 Å². The highest BCUT2D eigenvalue weighted by Crippen LogP contribution is 2.22. The second-order valence-electron chi connectivity index (χ2n) is 6.52. The molecule has 6 heteroatoms. The number of imide groups is 1. The first-order chi connectivity index (χ1) is 11.2. The number of amides is 3. The highest BCUT2D eigenvalue weighted by atomic mass is 16.6. The van der Waals surface area contributed by atoms with Gasteiger partial charge in [-0.05, 0) is 32.9 Å². The van der Waals surface area contributed by atoms with Gasteiger partial charge in [-0.1, -0.05) is 18.2 Å². The normalized spacial score (nSPS) is 13.7. The Morgan fingerprint density at radius 2 is 1.75 bits per heavy atom. The van der Waals surface area contributed by atoms with Crippen molar-refractivity contribution in [2.45, 2.75) is 26.4 Å². The lowest BCUT2D eigenvalue weighted by atomic mass is 10.1. The molecule has 1 aliphatic heterocycles. The minimum atomic E-state index is -0.619. The molecule has 1 aliphatic rings. The van der Waals surface area contributed by atoms with E-state index in [9.17, 15) is 14.4 Å². The van der Waals surface area contributed by atoms with Crippen LogP contribution in [0.4, 0.5) is 4.79 Å². The fraction of sp³-hybridized carbons (Fsp3) is 0.389. The van der Waals surface area contributed by atoms with Crippen molar-refractivity contribution in [2.75, 3.05) is 19.6 Å². The van der Waals surface area contributed by atoms with Crippen LogP contribution in [0.25, 0.3) is 0 Å². The molecule has 3 amide bonds. The summed E-state index contributed by atoms with van der Waals surface area (Å²) in [4.78, 5) is 39.4. The van der Waals surface area contributed by atoms with Gasteiger partial charge in [0, 0.05) is 19.6 Å². The van der Waals surface area contributed by atoms with E-state index in [2.05, 4.69) is 6.58 Å². The van der Waals surface area contributed by atoms with Gasteiger partial charge in [-0.3, -0.25) is 14.5 Å². The third-order valence-corrected chi connectivity index (χ3v) is 3.47. The van der Waals surface area contributed by atoms with E-state index in [1.165, 1.54) is 4.90 Å². The average Bonchev–Trinajstić information content (AvgIpc) is 2.74. The van der Waals surface area contributed by atoms with Crippen LogP contribution in [0.1, 0.15) is 41.5 Å². The highest BCUT2D eigenvalue weighted by molar-refractivity contribution is 6.21. The van der Waals surface area contributed by atoms with Crippen molar-refractivity contribution in [3.63, 3.8) is 0 Å². The first kappa shape index (κ1) is 17.7. The first-order valence-corrected chi connectivity index (χ1v) is 7.78. The van der Waals surface area contributed by atoms with Gasteiger partial charge in [0.25, 0.3) is 11.8 Å². The van der Waals surface area contributed by atoms with Gasteiger partial charge in [0.15, 0.2) is 0 Å². The predicted octanol–water partition coefficient (Wildman–Crippen LogP) is 2.71. The molecule has 0 spiro atoms. The van der Waals surface area contributed by atoms with E-state index in [4.69, 9.17) is 4.74 Å². The van der Waals surface area contributed by atoms with Crippen LogP contribution in [0.2, 0.25) is 0 Å². The zero-order valence-corrected chi connectivity index (χ0v) is 14.2. The molecule has 2 rings (SSSR count). The van der Waals surface area contributed by atoms with E-state index in [0.717, 1.165) is 4.90 Å². The summed E-state index contributed by atoms with van der Waals surface area (Å²) in [7, 11) is 0. The van der Waals surface area contributed by atoms with Gasteiger partial charge < -0.3 is 9.64 Å². The Morgan fingerprint density at radius 3 is 2.21 bits per heavy atom. The Kier molecular flexibility index (Phi) is 5.07. The van der Waals surface area contributed by atoms with Gasteiger partial charge in [0.1, 0.15) is 5.60 Å². The Hall–Kier alpha value is -2.63. The molecule has 24 heavy (non-hydrogen) atoms. The van der Waals surface area contributed by atoms with Crippen molar-refractivity contribution in [1.82, 2.24) is 9.80 Å². The smallest absolute Gasteiger partial charge is 0.410 e. The summed E-state index contributed by atoms with van der Waals surface area (Å²) in [5.74, 6) is -0.670.